The van der Waals surface area contributed by atoms with Crippen molar-refractivity contribution in [1.82, 2.24) is 4.57 Å². The van der Waals surface area contributed by atoms with Crippen LogP contribution in [0.2, 0.25) is 0 Å². The van der Waals surface area contributed by atoms with Crippen molar-refractivity contribution in [2.75, 3.05) is 21.0 Å². The average molecular weight is 473 g/mol. The summed E-state index contributed by atoms with van der Waals surface area (Å²) in [7, 11) is 3.03. The van der Waals surface area contributed by atoms with Crippen LogP contribution in [0.3, 0.4) is 0 Å². The summed E-state index contributed by atoms with van der Waals surface area (Å²) in [4.78, 5) is 14.0. The number of fused-ring (bicyclic) bond motifs is 2. The van der Waals surface area contributed by atoms with E-state index >= 15 is 0 Å². The molecule has 1 unspecified atom stereocenters. The van der Waals surface area contributed by atoms with Gasteiger partial charge in [0.1, 0.15) is 17.4 Å². The molecule has 2 N–H and O–H groups in total. The Kier molecular flexibility index (Phi) is 5.49. The first kappa shape index (κ1) is 22.2. The second kappa shape index (κ2) is 8.65. The number of aromatic nitrogens is 1. The normalized spacial score (nSPS) is 15.8. The Bertz CT molecular complexity index is 1470. The number of nitrogens with two attached hydrogens (primary N) is 1. The molecule has 3 heterocycles. The van der Waals surface area contributed by atoms with Crippen LogP contribution in [0, 0.1) is 18.3 Å². The van der Waals surface area contributed by atoms with E-state index in [1.807, 2.05) is 25.1 Å². The first-order valence-electron chi connectivity index (χ1n) is 10.9. The molecule has 1 atom stereocenters. The minimum absolute atomic E-state index is 0.0535. The van der Waals surface area contributed by atoms with Crippen LogP contribution in [0.25, 0.3) is 0 Å². The molecule has 0 amide bonds. The lowest BCUT2D eigenvalue weighted by molar-refractivity contribution is 0.174. The summed E-state index contributed by atoms with van der Waals surface area (Å²) in [5.41, 5.74) is 8.38. The van der Waals surface area contributed by atoms with Crippen molar-refractivity contribution < 1.29 is 23.7 Å². The van der Waals surface area contributed by atoms with Crippen molar-refractivity contribution in [3.05, 3.63) is 86.7 Å². The highest BCUT2D eigenvalue weighted by molar-refractivity contribution is 5.61. The van der Waals surface area contributed by atoms with E-state index in [0.29, 0.717) is 45.6 Å². The number of ether oxygens (including phenoxy) is 5. The summed E-state index contributed by atoms with van der Waals surface area (Å²) >= 11 is 0. The predicted octanol–water partition coefficient (Wildman–Crippen LogP) is 3.17. The number of benzene rings is 2. The summed E-state index contributed by atoms with van der Waals surface area (Å²) in [6, 6.07) is 14.7. The van der Waals surface area contributed by atoms with Crippen LogP contribution < -0.4 is 35.0 Å². The molecule has 0 fully saturated rings. The lowest BCUT2D eigenvalue weighted by Crippen LogP contribution is -2.33. The van der Waals surface area contributed by atoms with Crippen molar-refractivity contribution in [2.24, 2.45) is 5.73 Å². The van der Waals surface area contributed by atoms with Crippen LogP contribution in [-0.2, 0) is 6.54 Å². The maximum Gasteiger partial charge on any atom is 0.259 e. The molecular formula is C26H23N3O6. The topological polar surface area (TPSA) is 118 Å². The molecule has 0 radical (unpaired) electrons. The molecule has 9 nitrogen and oxygen atoms in total. The Morgan fingerprint density at radius 3 is 2.66 bits per heavy atom. The van der Waals surface area contributed by atoms with E-state index in [1.165, 1.54) is 14.2 Å². The van der Waals surface area contributed by atoms with E-state index in [1.54, 1.807) is 28.8 Å². The summed E-state index contributed by atoms with van der Waals surface area (Å²) in [6.45, 7) is 2.28. The van der Waals surface area contributed by atoms with E-state index in [-0.39, 0.29) is 30.4 Å². The number of aryl methyl sites for hydroxylation is 1. The number of nitrogens with zero attached hydrogens (tertiary/aromatic N) is 2. The number of nitriles is 1. The van der Waals surface area contributed by atoms with Crippen molar-refractivity contribution in [3.8, 4) is 34.8 Å². The highest BCUT2D eigenvalue weighted by atomic mass is 16.7. The highest BCUT2D eigenvalue weighted by Crippen LogP contribution is 2.46. The van der Waals surface area contributed by atoms with Gasteiger partial charge in [-0.2, -0.15) is 5.26 Å². The fraction of sp³-hybridized carbons (Fsp3) is 0.231. The monoisotopic (exact) mass is 473 g/mol. The Balaban J connectivity index is 1.69. The molecule has 2 aromatic carbocycles. The molecule has 35 heavy (non-hydrogen) atoms. The summed E-state index contributed by atoms with van der Waals surface area (Å²) in [6.07, 6.45) is 0. The van der Waals surface area contributed by atoms with Crippen molar-refractivity contribution in [2.45, 2.75) is 19.4 Å². The SMILES string of the molecule is COc1cccc(C2C(C#N)=C(N)Oc3cc(C)n(Cc4ccc5c(c4)OCO5)c(=O)c32)c1OC. The molecule has 2 aliphatic rings. The van der Waals surface area contributed by atoms with Crippen LogP contribution in [0.5, 0.6) is 28.7 Å². The minimum Gasteiger partial charge on any atom is -0.493 e. The molecule has 178 valence electrons. The highest BCUT2D eigenvalue weighted by Gasteiger charge is 2.36. The quantitative estimate of drug-likeness (QED) is 0.600. The van der Waals surface area contributed by atoms with Crippen LogP contribution >= 0.6 is 0 Å². The zero-order valence-corrected chi connectivity index (χ0v) is 19.5. The molecule has 0 aliphatic carbocycles. The zero-order valence-electron chi connectivity index (χ0n) is 19.5. The molecule has 0 bridgehead atoms. The van der Waals surface area contributed by atoms with Gasteiger partial charge in [-0.05, 0) is 30.7 Å². The predicted molar refractivity (Wildman–Crippen MR) is 126 cm³/mol. The number of hydrogen-bond donors (Lipinski definition) is 1. The lowest BCUT2D eigenvalue weighted by Gasteiger charge is -2.28. The van der Waals surface area contributed by atoms with Crippen molar-refractivity contribution in [1.29, 1.82) is 5.26 Å². The second-order valence-electron chi connectivity index (χ2n) is 8.15. The van der Waals surface area contributed by atoms with Crippen LogP contribution in [-0.4, -0.2) is 25.6 Å². The van der Waals surface area contributed by atoms with E-state index < -0.39 is 5.92 Å². The van der Waals surface area contributed by atoms with Gasteiger partial charge >= 0.3 is 0 Å². The van der Waals surface area contributed by atoms with Gasteiger partial charge in [0.2, 0.25) is 12.7 Å². The number of pyridine rings is 1. The van der Waals surface area contributed by atoms with Crippen molar-refractivity contribution >= 4 is 0 Å². The van der Waals surface area contributed by atoms with Gasteiger partial charge in [-0.15, -0.1) is 0 Å². The maximum atomic E-state index is 14.0. The molecular weight excluding hydrogens is 450 g/mol. The maximum absolute atomic E-state index is 14.0. The Morgan fingerprint density at radius 2 is 1.91 bits per heavy atom. The Labute approximate surface area is 201 Å². The third kappa shape index (κ3) is 3.60. The summed E-state index contributed by atoms with van der Waals surface area (Å²) in [5.74, 6) is 1.64. The standard InChI is InChI=1S/C26H23N3O6/c1-14-9-21-23(26(30)29(14)12-15-7-8-18-20(10-15)34-13-33-18)22(17(11-27)25(28)35-21)16-5-4-6-19(31-2)24(16)32-3/h4-10,22H,12-13,28H2,1-3H3. The number of rotatable bonds is 5. The number of allylic oxidation sites excluding steroid dienone is 1. The van der Waals surface area contributed by atoms with Crippen molar-refractivity contribution in [3.63, 3.8) is 0 Å². The van der Waals surface area contributed by atoms with Gasteiger partial charge in [-0.25, -0.2) is 0 Å². The molecule has 0 spiro atoms. The van der Waals surface area contributed by atoms with Gasteiger partial charge in [-0.1, -0.05) is 18.2 Å². The van der Waals surface area contributed by atoms with Gasteiger partial charge in [0.15, 0.2) is 23.0 Å². The first-order chi connectivity index (χ1) is 17.0. The third-order valence-electron chi connectivity index (χ3n) is 6.21. The molecule has 1 aromatic heterocycles. The van der Waals surface area contributed by atoms with Gasteiger partial charge in [0.05, 0.1) is 32.2 Å². The fourth-order valence-electron chi connectivity index (χ4n) is 4.55. The van der Waals surface area contributed by atoms with Gasteiger partial charge in [0.25, 0.3) is 5.56 Å². The average Bonchev–Trinajstić information content (AvgIpc) is 3.33. The summed E-state index contributed by atoms with van der Waals surface area (Å²) in [5, 5.41) is 9.97. The number of hydrogen-bond acceptors (Lipinski definition) is 8. The van der Waals surface area contributed by atoms with Crippen LogP contribution in [0.4, 0.5) is 0 Å². The van der Waals surface area contributed by atoms with E-state index in [0.717, 1.165) is 5.56 Å². The smallest absolute Gasteiger partial charge is 0.259 e. The zero-order chi connectivity index (χ0) is 24.7. The van der Waals surface area contributed by atoms with Gasteiger partial charge in [0, 0.05) is 17.3 Å². The van der Waals surface area contributed by atoms with E-state index in [2.05, 4.69) is 6.07 Å². The molecule has 3 aromatic rings. The third-order valence-corrected chi connectivity index (χ3v) is 6.21. The van der Waals surface area contributed by atoms with E-state index in [9.17, 15) is 10.1 Å². The Hall–Kier alpha value is -4.58. The van der Waals surface area contributed by atoms with Gasteiger partial charge < -0.3 is 34.0 Å². The minimum atomic E-state index is -0.801. The molecule has 2 aliphatic heterocycles. The first-order valence-corrected chi connectivity index (χ1v) is 10.9. The second-order valence-corrected chi connectivity index (χ2v) is 8.15. The number of methoxy groups -OCH3 is 2. The summed E-state index contributed by atoms with van der Waals surface area (Å²) < 4.78 is 29.3. The lowest BCUT2D eigenvalue weighted by atomic mass is 9.83. The van der Waals surface area contributed by atoms with Gasteiger partial charge in [-0.3, -0.25) is 4.79 Å². The number of para-hydroxylation sites is 1. The van der Waals surface area contributed by atoms with Crippen LogP contribution in [0.1, 0.15) is 28.3 Å². The fourth-order valence-corrected chi connectivity index (χ4v) is 4.55. The Morgan fingerprint density at radius 1 is 1.11 bits per heavy atom. The molecule has 9 heteroatoms. The molecule has 0 saturated carbocycles. The van der Waals surface area contributed by atoms with Crippen LogP contribution in [0.15, 0.2) is 58.7 Å². The van der Waals surface area contributed by atoms with E-state index in [4.69, 9.17) is 29.4 Å². The molecule has 5 rings (SSSR count). The molecule has 0 saturated heterocycles. The largest absolute Gasteiger partial charge is 0.493 e.